The largest absolute Gasteiger partial charge is 0.464 e. The molecular weight excluding hydrogens is 252 g/mol. The minimum atomic E-state index is -0.423. The molecule has 1 heterocycles. The van der Waals surface area contributed by atoms with E-state index in [0.29, 0.717) is 5.56 Å². The van der Waals surface area contributed by atoms with E-state index < -0.39 is 5.91 Å². The Bertz CT molecular complexity index is 639. The van der Waals surface area contributed by atoms with Crippen molar-refractivity contribution < 1.29 is 9.53 Å². The van der Waals surface area contributed by atoms with Crippen molar-refractivity contribution in [2.75, 3.05) is 0 Å². The van der Waals surface area contributed by atoms with Gasteiger partial charge in [0.15, 0.2) is 6.23 Å². The van der Waals surface area contributed by atoms with E-state index in [4.69, 9.17) is 10.5 Å². The van der Waals surface area contributed by atoms with E-state index in [0.717, 1.165) is 23.4 Å². The lowest BCUT2D eigenvalue weighted by molar-refractivity contribution is 0.1000. The van der Waals surface area contributed by atoms with Crippen LogP contribution in [0.4, 0.5) is 0 Å². The highest BCUT2D eigenvalue weighted by Crippen LogP contribution is 2.32. The van der Waals surface area contributed by atoms with Gasteiger partial charge in [0, 0.05) is 11.1 Å². The molecule has 102 valence electrons. The third-order valence-electron chi connectivity index (χ3n) is 3.42. The smallest absolute Gasteiger partial charge is 0.248 e. The molecular formula is C16H16N2O2. The van der Waals surface area contributed by atoms with Crippen LogP contribution in [0.5, 0.6) is 0 Å². The Kier molecular flexibility index (Phi) is 3.06. The maximum absolute atomic E-state index is 11.1. The molecule has 1 unspecified atom stereocenters. The summed E-state index contributed by atoms with van der Waals surface area (Å²) in [6.07, 6.45) is 6.97. The van der Waals surface area contributed by atoms with Gasteiger partial charge in [-0.05, 0) is 31.6 Å². The number of nitrogens with two attached hydrogens (primary N) is 1. The highest BCUT2D eigenvalue weighted by molar-refractivity contribution is 5.92. The summed E-state index contributed by atoms with van der Waals surface area (Å²) >= 11 is 0. The van der Waals surface area contributed by atoms with Gasteiger partial charge in [-0.3, -0.25) is 4.79 Å². The molecule has 1 amide bonds. The first kappa shape index (κ1) is 12.5. The number of rotatable bonds is 2. The van der Waals surface area contributed by atoms with Crippen LogP contribution in [0.2, 0.25) is 0 Å². The highest BCUT2D eigenvalue weighted by Gasteiger charge is 2.26. The Morgan fingerprint density at radius 3 is 2.75 bits per heavy atom. The third kappa shape index (κ3) is 2.32. The van der Waals surface area contributed by atoms with E-state index in [1.807, 2.05) is 18.2 Å². The molecule has 0 aromatic heterocycles. The van der Waals surface area contributed by atoms with Gasteiger partial charge in [-0.15, -0.1) is 0 Å². The zero-order chi connectivity index (χ0) is 14.1. The highest BCUT2D eigenvalue weighted by atomic mass is 16.5. The van der Waals surface area contributed by atoms with Gasteiger partial charge in [-0.2, -0.15) is 0 Å². The Morgan fingerprint density at radius 2 is 2.05 bits per heavy atom. The first-order chi connectivity index (χ1) is 9.63. The SMILES string of the molecule is CC1=CCC=C2NC(c3ccc(C(N)=O)cc3)OC2=C1. The monoisotopic (exact) mass is 268 g/mol. The molecule has 0 radical (unpaired) electrons. The van der Waals surface area contributed by atoms with Crippen LogP contribution in [0.3, 0.4) is 0 Å². The second kappa shape index (κ2) is 4.89. The van der Waals surface area contributed by atoms with Crippen LogP contribution in [0, 0.1) is 0 Å². The van der Waals surface area contributed by atoms with Crippen molar-refractivity contribution in [2.24, 2.45) is 5.73 Å². The molecule has 4 heteroatoms. The standard InChI is InChI=1S/C16H16N2O2/c1-10-3-2-4-13-14(9-10)20-16(18-13)12-7-5-11(6-8-12)15(17)19/h3-9,16,18H,2H2,1H3,(H2,17,19). The summed E-state index contributed by atoms with van der Waals surface area (Å²) in [5, 5.41) is 3.34. The van der Waals surface area contributed by atoms with E-state index >= 15 is 0 Å². The Balaban J connectivity index is 1.84. The summed E-state index contributed by atoms with van der Waals surface area (Å²) < 4.78 is 5.93. The number of amides is 1. The topological polar surface area (TPSA) is 64.3 Å². The zero-order valence-corrected chi connectivity index (χ0v) is 11.2. The van der Waals surface area contributed by atoms with Crippen LogP contribution in [0.15, 0.2) is 59.5 Å². The minimum absolute atomic E-state index is 0.222. The van der Waals surface area contributed by atoms with E-state index in [1.165, 1.54) is 5.57 Å². The van der Waals surface area contributed by atoms with Gasteiger partial charge in [0.05, 0.1) is 5.70 Å². The number of fused-ring (bicyclic) bond motifs is 1. The molecule has 1 atom stereocenters. The van der Waals surface area contributed by atoms with Gasteiger partial charge in [-0.1, -0.05) is 29.9 Å². The van der Waals surface area contributed by atoms with E-state index in [-0.39, 0.29) is 6.23 Å². The van der Waals surface area contributed by atoms with Crippen molar-refractivity contribution in [3.8, 4) is 0 Å². The Labute approximate surface area is 117 Å². The third-order valence-corrected chi connectivity index (χ3v) is 3.42. The van der Waals surface area contributed by atoms with Crippen molar-refractivity contribution in [2.45, 2.75) is 19.6 Å². The van der Waals surface area contributed by atoms with Crippen molar-refractivity contribution in [3.05, 3.63) is 70.6 Å². The fraction of sp³-hybridized carbons (Fsp3) is 0.188. The molecule has 3 rings (SSSR count). The molecule has 3 N–H and O–H groups in total. The van der Waals surface area contributed by atoms with E-state index in [9.17, 15) is 4.79 Å². The summed E-state index contributed by atoms with van der Waals surface area (Å²) in [6, 6.07) is 7.13. The quantitative estimate of drug-likeness (QED) is 0.866. The molecule has 1 aromatic rings. The number of primary amides is 1. The molecule has 20 heavy (non-hydrogen) atoms. The number of hydrogen-bond donors (Lipinski definition) is 2. The van der Waals surface area contributed by atoms with Crippen LogP contribution < -0.4 is 11.1 Å². The van der Waals surface area contributed by atoms with Crippen molar-refractivity contribution in [1.29, 1.82) is 0 Å². The summed E-state index contributed by atoms with van der Waals surface area (Å²) in [5.74, 6) is 0.438. The minimum Gasteiger partial charge on any atom is -0.464 e. The molecule has 0 spiro atoms. The molecule has 2 aliphatic rings. The lowest BCUT2D eigenvalue weighted by Gasteiger charge is -2.11. The summed E-state index contributed by atoms with van der Waals surface area (Å²) in [5.41, 5.74) is 8.91. The molecule has 1 aliphatic carbocycles. The molecule has 1 fully saturated rings. The maximum atomic E-state index is 11.1. The maximum Gasteiger partial charge on any atom is 0.248 e. The number of nitrogens with one attached hydrogen (secondary N) is 1. The molecule has 0 saturated carbocycles. The van der Waals surface area contributed by atoms with Gasteiger partial charge in [0.2, 0.25) is 5.91 Å². The van der Waals surface area contributed by atoms with Gasteiger partial charge in [-0.25, -0.2) is 0 Å². The van der Waals surface area contributed by atoms with Gasteiger partial charge < -0.3 is 15.8 Å². The fourth-order valence-corrected chi connectivity index (χ4v) is 2.31. The first-order valence-corrected chi connectivity index (χ1v) is 6.55. The second-order valence-corrected chi connectivity index (χ2v) is 4.94. The predicted molar refractivity (Wildman–Crippen MR) is 76.5 cm³/mol. The van der Waals surface area contributed by atoms with Gasteiger partial charge in [0.25, 0.3) is 0 Å². The lowest BCUT2D eigenvalue weighted by Crippen LogP contribution is -2.14. The number of carbonyl (C=O) groups is 1. The van der Waals surface area contributed by atoms with E-state index in [2.05, 4.69) is 24.4 Å². The van der Waals surface area contributed by atoms with Crippen LogP contribution in [-0.4, -0.2) is 5.91 Å². The van der Waals surface area contributed by atoms with Crippen LogP contribution in [-0.2, 0) is 4.74 Å². The zero-order valence-electron chi connectivity index (χ0n) is 11.2. The predicted octanol–water partition coefficient (Wildman–Crippen LogP) is 2.52. The van der Waals surface area contributed by atoms with Crippen LogP contribution >= 0.6 is 0 Å². The number of hydrogen-bond acceptors (Lipinski definition) is 3. The average Bonchev–Trinajstić information content (AvgIpc) is 2.74. The first-order valence-electron chi connectivity index (χ1n) is 6.55. The summed E-state index contributed by atoms with van der Waals surface area (Å²) in [7, 11) is 0. The second-order valence-electron chi connectivity index (χ2n) is 4.94. The molecule has 1 aromatic carbocycles. The Morgan fingerprint density at radius 1 is 1.30 bits per heavy atom. The fourth-order valence-electron chi connectivity index (χ4n) is 2.31. The van der Waals surface area contributed by atoms with Crippen molar-refractivity contribution in [1.82, 2.24) is 5.32 Å². The number of ether oxygens (including phenoxy) is 1. The lowest BCUT2D eigenvalue weighted by atomic mass is 10.1. The number of allylic oxidation sites excluding steroid dienone is 4. The molecule has 1 saturated heterocycles. The molecule has 4 nitrogen and oxygen atoms in total. The summed E-state index contributed by atoms with van der Waals surface area (Å²) in [6.45, 7) is 2.06. The van der Waals surface area contributed by atoms with Gasteiger partial charge >= 0.3 is 0 Å². The van der Waals surface area contributed by atoms with Crippen molar-refractivity contribution in [3.63, 3.8) is 0 Å². The Hall–Kier alpha value is -2.49. The van der Waals surface area contributed by atoms with Gasteiger partial charge in [0.1, 0.15) is 5.76 Å². The number of benzene rings is 1. The summed E-state index contributed by atoms with van der Waals surface area (Å²) in [4.78, 5) is 11.1. The van der Waals surface area contributed by atoms with Crippen LogP contribution in [0.25, 0.3) is 0 Å². The number of carbonyl (C=O) groups excluding carboxylic acids is 1. The van der Waals surface area contributed by atoms with Crippen molar-refractivity contribution >= 4 is 5.91 Å². The molecule has 1 aliphatic heterocycles. The average molecular weight is 268 g/mol. The normalized spacial score (nSPS) is 20.6. The van der Waals surface area contributed by atoms with E-state index in [1.54, 1.807) is 12.1 Å². The van der Waals surface area contributed by atoms with Crippen LogP contribution in [0.1, 0.15) is 35.5 Å². The molecule has 0 bridgehead atoms.